The molecule has 44 heavy (non-hydrogen) atoms. The van der Waals surface area contributed by atoms with Gasteiger partial charge in [-0.2, -0.15) is 18.3 Å². The predicted molar refractivity (Wildman–Crippen MR) is 160 cm³/mol. The van der Waals surface area contributed by atoms with Crippen LogP contribution in [-0.4, -0.2) is 57.1 Å². The molecule has 1 atom stereocenters. The van der Waals surface area contributed by atoms with Crippen LogP contribution in [-0.2, 0) is 17.5 Å². The Morgan fingerprint density at radius 3 is 2.73 bits per heavy atom. The summed E-state index contributed by atoms with van der Waals surface area (Å²) in [5.41, 5.74) is -2.58. The zero-order chi connectivity index (χ0) is 31.0. The number of morpholine rings is 1. The summed E-state index contributed by atoms with van der Waals surface area (Å²) >= 11 is 1.52. The number of rotatable bonds is 8. The van der Waals surface area contributed by atoms with Crippen LogP contribution in [0.5, 0.6) is 0 Å². The summed E-state index contributed by atoms with van der Waals surface area (Å²) in [7, 11) is 0. The number of fused-ring (bicyclic) bond motifs is 2. The number of benzene rings is 1. The quantitative estimate of drug-likeness (QED) is 0.230. The molecule has 1 unspecified atom stereocenters. The van der Waals surface area contributed by atoms with Crippen molar-refractivity contribution < 1.29 is 22.3 Å². The summed E-state index contributed by atoms with van der Waals surface area (Å²) in [5, 5.41) is 10.6. The SMILES string of the molecule is CC(CCCn1ccc2cc(-c3nc(N4CCOCC4)c4sccc4n3)c(F)cc2c1=O)Nc1cn[nH]c(=O)c1C(F)(F)F. The van der Waals surface area contributed by atoms with E-state index in [9.17, 15) is 22.8 Å². The smallest absolute Gasteiger partial charge is 0.381 e. The molecule has 1 aromatic carbocycles. The third-order valence-corrected chi connectivity index (χ3v) is 8.38. The maximum Gasteiger partial charge on any atom is 0.423 e. The van der Waals surface area contributed by atoms with E-state index >= 15 is 4.39 Å². The summed E-state index contributed by atoms with van der Waals surface area (Å²) < 4.78 is 63.4. The molecule has 5 heterocycles. The molecule has 0 amide bonds. The molecule has 1 aliphatic heterocycles. The van der Waals surface area contributed by atoms with Crippen LogP contribution >= 0.6 is 11.3 Å². The molecular formula is C29H27F4N7O3S. The number of H-pyrrole nitrogens is 1. The van der Waals surface area contributed by atoms with Gasteiger partial charge in [0.1, 0.15) is 11.4 Å². The number of aryl methyl sites for hydroxylation is 1. The number of aromatic amines is 1. The molecular weight excluding hydrogens is 602 g/mol. The van der Waals surface area contributed by atoms with Gasteiger partial charge >= 0.3 is 6.18 Å². The van der Waals surface area contributed by atoms with Gasteiger partial charge in [-0.15, -0.1) is 11.3 Å². The van der Waals surface area contributed by atoms with Crippen molar-refractivity contribution in [1.29, 1.82) is 0 Å². The third-order valence-electron chi connectivity index (χ3n) is 7.48. The summed E-state index contributed by atoms with van der Waals surface area (Å²) in [5.74, 6) is 0.332. The molecule has 6 rings (SSSR count). The Hall–Kier alpha value is -4.37. The minimum Gasteiger partial charge on any atom is -0.381 e. The zero-order valence-electron chi connectivity index (χ0n) is 23.4. The maximum atomic E-state index is 15.5. The Labute approximate surface area is 251 Å². The first-order chi connectivity index (χ1) is 21.1. The zero-order valence-corrected chi connectivity index (χ0v) is 24.3. The molecule has 0 aliphatic carbocycles. The molecule has 1 fully saturated rings. The van der Waals surface area contributed by atoms with E-state index in [1.165, 1.54) is 22.0 Å². The van der Waals surface area contributed by atoms with Crippen LogP contribution < -0.4 is 21.3 Å². The molecule has 1 aliphatic rings. The van der Waals surface area contributed by atoms with Gasteiger partial charge in [0.25, 0.3) is 11.1 Å². The van der Waals surface area contributed by atoms with Gasteiger partial charge in [-0.3, -0.25) is 9.59 Å². The summed E-state index contributed by atoms with van der Waals surface area (Å²) in [4.78, 5) is 36.4. The van der Waals surface area contributed by atoms with Gasteiger partial charge < -0.3 is 19.5 Å². The highest BCUT2D eigenvalue weighted by Crippen LogP contribution is 2.34. The van der Waals surface area contributed by atoms with E-state index in [0.29, 0.717) is 50.0 Å². The van der Waals surface area contributed by atoms with Crippen molar-refractivity contribution in [2.24, 2.45) is 0 Å². The Kier molecular flexibility index (Phi) is 8.07. The minimum atomic E-state index is -4.85. The lowest BCUT2D eigenvalue weighted by molar-refractivity contribution is -0.138. The Balaban J connectivity index is 1.20. The Morgan fingerprint density at radius 2 is 1.95 bits per heavy atom. The molecule has 0 bridgehead atoms. The van der Waals surface area contributed by atoms with E-state index in [-0.39, 0.29) is 23.3 Å². The van der Waals surface area contributed by atoms with E-state index < -0.39 is 40.4 Å². The molecule has 230 valence electrons. The molecule has 0 saturated carbocycles. The van der Waals surface area contributed by atoms with Gasteiger partial charge in [-0.05, 0) is 54.8 Å². The molecule has 10 nitrogen and oxygen atoms in total. The number of nitrogens with one attached hydrogen (secondary N) is 2. The van der Waals surface area contributed by atoms with Crippen LogP contribution in [0.1, 0.15) is 25.3 Å². The first kappa shape index (κ1) is 29.7. The number of aromatic nitrogens is 5. The monoisotopic (exact) mass is 629 g/mol. The highest BCUT2D eigenvalue weighted by Gasteiger charge is 2.37. The predicted octanol–water partition coefficient (Wildman–Crippen LogP) is 5.03. The molecule has 0 spiro atoms. The van der Waals surface area contributed by atoms with Gasteiger partial charge in [-0.25, -0.2) is 19.5 Å². The Morgan fingerprint density at radius 1 is 1.16 bits per heavy atom. The molecule has 0 radical (unpaired) electrons. The highest BCUT2D eigenvalue weighted by atomic mass is 32.1. The summed E-state index contributed by atoms with van der Waals surface area (Å²) in [6.45, 7) is 4.39. The molecule has 4 aromatic heterocycles. The number of nitrogens with zero attached hydrogens (tertiary/aromatic N) is 5. The topological polar surface area (TPSA) is 118 Å². The van der Waals surface area contributed by atoms with Crippen molar-refractivity contribution in [3.63, 3.8) is 0 Å². The number of pyridine rings is 1. The molecule has 1 saturated heterocycles. The summed E-state index contributed by atoms with van der Waals surface area (Å²) in [6.07, 6.45) is -1.51. The van der Waals surface area contributed by atoms with E-state index in [1.54, 1.807) is 30.4 Å². The lowest BCUT2D eigenvalue weighted by Gasteiger charge is -2.28. The number of hydrogen-bond acceptors (Lipinski definition) is 9. The lowest BCUT2D eigenvalue weighted by Crippen LogP contribution is -2.36. The summed E-state index contributed by atoms with van der Waals surface area (Å²) in [6, 6.07) is 5.90. The standard InChI is InChI=1S/C29H27F4N7O3S/c1-16(35-22-15-34-38-27(41)23(22)29(31,32)33)3-2-6-40-7-4-17-13-19(20(30)14-18(17)28(40)42)25-36-21-5-12-44-24(21)26(37-25)39-8-10-43-11-9-39/h4-5,7,12-16H,2-3,6,8-11H2,1H3,(H2,35,38,41). The second kappa shape index (κ2) is 12.0. The highest BCUT2D eigenvalue weighted by molar-refractivity contribution is 7.17. The van der Waals surface area contributed by atoms with Crippen LogP contribution in [0.25, 0.3) is 32.4 Å². The van der Waals surface area contributed by atoms with Crippen LogP contribution in [0.15, 0.2) is 51.6 Å². The first-order valence-corrected chi connectivity index (χ1v) is 14.8. The number of anilines is 2. The first-order valence-electron chi connectivity index (χ1n) is 13.9. The Bertz CT molecular complexity index is 1950. The lowest BCUT2D eigenvalue weighted by atomic mass is 10.1. The van der Waals surface area contributed by atoms with Crippen LogP contribution in [0.2, 0.25) is 0 Å². The van der Waals surface area contributed by atoms with E-state index in [2.05, 4.69) is 20.3 Å². The average molecular weight is 630 g/mol. The minimum absolute atomic E-state index is 0.185. The van der Waals surface area contributed by atoms with Crippen molar-refractivity contribution in [3.8, 4) is 11.4 Å². The number of hydrogen-bond donors (Lipinski definition) is 2. The van der Waals surface area contributed by atoms with Crippen molar-refractivity contribution in [1.82, 2.24) is 24.7 Å². The second-order valence-corrected chi connectivity index (χ2v) is 11.4. The van der Waals surface area contributed by atoms with Gasteiger partial charge in [0.05, 0.1) is 46.3 Å². The fourth-order valence-electron chi connectivity index (χ4n) is 5.31. The number of thiophene rings is 1. The van der Waals surface area contributed by atoms with Crippen LogP contribution in [0.4, 0.5) is 29.1 Å². The second-order valence-electron chi connectivity index (χ2n) is 10.5. The number of alkyl halides is 3. The van der Waals surface area contributed by atoms with Gasteiger partial charge in [0, 0.05) is 31.9 Å². The normalized spacial score (nSPS) is 14.8. The van der Waals surface area contributed by atoms with E-state index in [4.69, 9.17) is 9.72 Å². The largest absolute Gasteiger partial charge is 0.423 e. The van der Waals surface area contributed by atoms with Crippen LogP contribution in [0, 0.1) is 5.82 Å². The van der Waals surface area contributed by atoms with Crippen molar-refractivity contribution in [2.45, 2.75) is 38.5 Å². The fourth-order valence-corrected chi connectivity index (χ4v) is 6.15. The van der Waals surface area contributed by atoms with Crippen molar-refractivity contribution in [2.75, 3.05) is 36.5 Å². The average Bonchev–Trinajstić information content (AvgIpc) is 3.47. The van der Waals surface area contributed by atoms with Gasteiger partial charge in [0.15, 0.2) is 11.6 Å². The van der Waals surface area contributed by atoms with Crippen molar-refractivity contribution in [3.05, 3.63) is 74.1 Å². The molecule has 5 aromatic rings. The molecule has 15 heteroatoms. The molecule has 2 N–H and O–H groups in total. The van der Waals surface area contributed by atoms with E-state index in [0.717, 1.165) is 16.7 Å². The fraction of sp³-hybridized carbons (Fsp3) is 0.345. The van der Waals surface area contributed by atoms with Crippen LogP contribution in [0.3, 0.4) is 0 Å². The van der Waals surface area contributed by atoms with Gasteiger partial charge in [0.2, 0.25) is 0 Å². The van der Waals surface area contributed by atoms with Gasteiger partial charge in [-0.1, -0.05) is 0 Å². The number of ether oxygens (including phenoxy) is 1. The maximum absolute atomic E-state index is 15.5. The van der Waals surface area contributed by atoms with E-state index in [1.807, 2.05) is 11.4 Å². The van der Waals surface area contributed by atoms with Crippen molar-refractivity contribution >= 4 is 43.8 Å². The number of halogens is 4. The third kappa shape index (κ3) is 5.88.